The Morgan fingerprint density at radius 3 is 1.88 bits per heavy atom. The van der Waals surface area contributed by atoms with Gasteiger partial charge in [-0.3, -0.25) is 0 Å². The second-order valence-electron chi connectivity index (χ2n) is 7.92. The van der Waals surface area contributed by atoms with Crippen molar-refractivity contribution in [1.29, 1.82) is 0 Å². The minimum absolute atomic E-state index is 0.135. The van der Waals surface area contributed by atoms with Gasteiger partial charge in [0.2, 0.25) is 0 Å². The first-order chi connectivity index (χ1) is 16.3. The molecule has 0 bridgehead atoms. The highest BCUT2D eigenvalue weighted by Crippen LogP contribution is 2.25. The average Bonchev–Trinajstić information content (AvgIpc) is 2.82. The fourth-order valence-corrected chi connectivity index (χ4v) is 3.43. The number of aliphatic hydroxyl groups is 1. The SMILES string of the molecule is C=C(/C=C/C=C/c1ccc(N(C)C)cc1)/C=C(\C=C(/O)c1ccc(Cl)cc1)c1ccc(Cl)cc1. The first kappa shape index (κ1) is 25.2. The zero-order chi connectivity index (χ0) is 24.5. The van der Waals surface area contributed by atoms with Gasteiger partial charge in [0, 0.05) is 35.4 Å². The summed E-state index contributed by atoms with van der Waals surface area (Å²) < 4.78 is 0. The van der Waals surface area contributed by atoms with Gasteiger partial charge in [0.25, 0.3) is 0 Å². The predicted octanol–water partition coefficient (Wildman–Crippen LogP) is 8.87. The van der Waals surface area contributed by atoms with Crippen molar-refractivity contribution in [2.24, 2.45) is 0 Å². The molecule has 2 nitrogen and oxygen atoms in total. The molecule has 0 saturated carbocycles. The summed E-state index contributed by atoms with van der Waals surface area (Å²) >= 11 is 12.0. The second-order valence-corrected chi connectivity index (χ2v) is 8.80. The molecule has 0 saturated heterocycles. The molecule has 0 heterocycles. The standard InChI is InChI=1S/C30H27Cl2NO/c1-22(6-4-5-7-23-8-18-29(19-9-23)33(2)3)20-26(24-10-14-27(31)15-11-24)21-30(34)25-12-16-28(32)17-13-25/h4-21,34H,1H2,2-3H3/b6-4+,7-5+,26-20+,30-21-. The predicted molar refractivity (Wildman–Crippen MR) is 150 cm³/mol. The van der Waals surface area contributed by atoms with Crippen LogP contribution in [-0.4, -0.2) is 19.2 Å². The van der Waals surface area contributed by atoms with E-state index in [0.717, 1.165) is 28.0 Å². The zero-order valence-corrected chi connectivity index (χ0v) is 20.8. The summed E-state index contributed by atoms with van der Waals surface area (Å²) in [4.78, 5) is 2.07. The topological polar surface area (TPSA) is 23.5 Å². The third kappa shape index (κ3) is 7.55. The van der Waals surface area contributed by atoms with Gasteiger partial charge >= 0.3 is 0 Å². The monoisotopic (exact) mass is 487 g/mol. The summed E-state index contributed by atoms with van der Waals surface area (Å²) in [6.07, 6.45) is 11.5. The van der Waals surface area contributed by atoms with E-state index in [9.17, 15) is 5.11 Å². The molecule has 0 unspecified atom stereocenters. The molecule has 0 aliphatic rings. The number of halogens is 2. The van der Waals surface area contributed by atoms with Crippen LogP contribution in [0.2, 0.25) is 10.0 Å². The van der Waals surface area contributed by atoms with Crippen molar-refractivity contribution < 1.29 is 5.11 Å². The maximum Gasteiger partial charge on any atom is 0.123 e. The van der Waals surface area contributed by atoms with Gasteiger partial charge in [-0.1, -0.05) is 78.4 Å². The summed E-state index contributed by atoms with van der Waals surface area (Å²) in [5.41, 5.74) is 5.47. The lowest BCUT2D eigenvalue weighted by Crippen LogP contribution is -2.07. The maximum absolute atomic E-state index is 10.7. The van der Waals surface area contributed by atoms with E-state index in [1.807, 2.05) is 68.7 Å². The number of aliphatic hydroxyl groups excluding tert-OH is 1. The van der Waals surface area contributed by atoms with Crippen LogP contribution >= 0.6 is 23.2 Å². The van der Waals surface area contributed by atoms with Gasteiger partial charge in [-0.05, 0) is 83.0 Å². The summed E-state index contributed by atoms with van der Waals surface area (Å²) in [6.45, 7) is 4.15. The van der Waals surface area contributed by atoms with Crippen LogP contribution in [0.1, 0.15) is 16.7 Å². The molecule has 172 valence electrons. The molecule has 0 amide bonds. The Kier molecular flexibility index (Phi) is 8.98. The summed E-state index contributed by atoms with van der Waals surface area (Å²) in [7, 11) is 4.05. The first-order valence-corrected chi connectivity index (χ1v) is 11.5. The van der Waals surface area contributed by atoms with Gasteiger partial charge in [-0.25, -0.2) is 0 Å². The number of nitrogens with zero attached hydrogens (tertiary/aromatic N) is 1. The maximum atomic E-state index is 10.7. The Hall–Kier alpha value is -3.46. The van der Waals surface area contributed by atoms with Crippen molar-refractivity contribution in [2.75, 3.05) is 19.0 Å². The van der Waals surface area contributed by atoms with Crippen LogP contribution in [0.5, 0.6) is 0 Å². The van der Waals surface area contributed by atoms with Crippen molar-refractivity contribution in [1.82, 2.24) is 0 Å². The van der Waals surface area contributed by atoms with E-state index in [-0.39, 0.29) is 5.76 Å². The molecule has 3 aromatic rings. The van der Waals surface area contributed by atoms with Gasteiger partial charge < -0.3 is 10.0 Å². The fourth-order valence-electron chi connectivity index (χ4n) is 3.18. The molecule has 1 N–H and O–H groups in total. The second kappa shape index (κ2) is 12.1. The minimum atomic E-state index is 0.135. The quantitative estimate of drug-likeness (QED) is 0.253. The van der Waals surface area contributed by atoms with Gasteiger partial charge in [0.15, 0.2) is 0 Å². The van der Waals surface area contributed by atoms with E-state index < -0.39 is 0 Å². The fraction of sp³-hybridized carbons (Fsp3) is 0.0667. The zero-order valence-electron chi connectivity index (χ0n) is 19.2. The van der Waals surface area contributed by atoms with Gasteiger partial charge in [0.1, 0.15) is 5.76 Å². The van der Waals surface area contributed by atoms with Gasteiger partial charge in [-0.2, -0.15) is 0 Å². The summed E-state index contributed by atoms with van der Waals surface area (Å²) in [6, 6.07) is 22.8. The Balaban J connectivity index is 1.80. The molecular weight excluding hydrogens is 461 g/mol. The lowest BCUT2D eigenvalue weighted by atomic mass is 10.0. The van der Waals surface area contributed by atoms with Crippen molar-refractivity contribution in [3.8, 4) is 0 Å². The molecule has 0 aliphatic heterocycles. The van der Waals surface area contributed by atoms with Crippen LogP contribution in [0.4, 0.5) is 5.69 Å². The smallest absolute Gasteiger partial charge is 0.123 e. The molecule has 3 aromatic carbocycles. The lowest BCUT2D eigenvalue weighted by Gasteiger charge is -2.11. The normalized spacial score (nSPS) is 12.5. The number of anilines is 1. The van der Waals surface area contributed by atoms with Crippen molar-refractivity contribution in [2.45, 2.75) is 0 Å². The third-order valence-corrected chi connectivity index (χ3v) is 5.57. The van der Waals surface area contributed by atoms with Crippen LogP contribution in [-0.2, 0) is 0 Å². The molecule has 34 heavy (non-hydrogen) atoms. The third-order valence-electron chi connectivity index (χ3n) is 5.07. The number of hydrogen-bond donors (Lipinski definition) is 1. The molecule has 0 atom stereocenters. The average molecular weight is 488 g/mol. The van der Waals surface area contributed by atoms with E-state index >= 15 is 0 Å². The summed E-state index contributed by atoms with van der Waals surface area (Å²) in [5, 5.41) is 12.0. The van der Waals surface area contributed by atoms with E-state index in [4.69, 9.17) is 23.2 Å². The molecular formula is C30H27Cl2NO. The van der Waals surface area contributed by atoms with Gasteiger partial charge in [-0.15, -0.1) is 0 Å². The Morgan fingerprint density at radius 1 is 0.765 bits per heavy atom. The van der Waals surface area contributed by atoms with Crippen LogP contribution in [0.25, 0.3) is 17.4 Å². The van der Waals surface area contributed by atoms with E-state index in [2.05, 4.69) is 35.7 Å². The van der Waals surface area contributed by atoms with Crippen LogP contribution in [0.15, 0.2) is 115 Å². The number of benzene rings is 3. The number of hydrogen-bond acceptors (Lipinski definition) is 2. The van der Waals surface area contributed by atoms with E-state index in [0.29, 0.717) is 15.6 Å². The molecule has 4 heteroatoms. The number of allylic oxidation sites excluding steroid dienone is 7. The minimum Gasteiger partial charge on any atom is -0.507 e. The molecule has 0 aromatic heterocycles. The van der Waals surface area contributed by atoms with E-state index in [1.165, 1.54) is 0 Å². The van der Waals surface area contributed by atoms with Crippen LogP contribution < -0.4 is 4.90 Å². The largest absolute Gasteiger partial charge is 0.507 e. The highest BCUT2D eigenvalue weighted by molar-refractivity contribution is 6.30. The molecule has 3 rings (SSSR count). The first-order valence-electron chi connectivity index (χ1n) is 10.8. The Bertz CT molecular complexity index is 1230. The molecule has 0 spiro atoms. The number of rotatable bonds is 8. The lowest BCUT2D eigenvalue weighted by molar-refractivity contribution is 0.512. The molecule has 0 radical (unpaired) electrons. The Labute approximate surface area is 212 Å². The van der Waals surface area contributed by atoms with Gasteiger partial charge in [0.05, 0.1) is 0 Å². The molecule has 0 aliphatic carbocycles. The summed E-state index contributed by atoms with van der Waals surface area (Å²) in [5.74, 6) is 0.135. The Morgan fingerprint density at radius 2 is 1.32 bits per heavy atom. The highest BCUT2D eigenvalue weighted by atomic mass is 35.5. The van der Waals surface area contributed by atoms with Crippen LogP contribution in [0, 0.1) is 0 Å². The van der Waals surface area contributed by atoms with Crippen molar-refractivity contribution >= 4 is 46.3 Å². The molecule has 0 fully saturated rings. The van der Waals surface area contributed by atoms with E-state index in [1.54, 1.807) is 30.3 Å². The highest BCUT2D eigenvalue weighted by Gasteiger charge is 2.05. The van der Waals surface area contributed by atoms with Crippen molar-refractivity contribution in [3.63, 3.8) is 0 Å². The van der Waals surface area contributed by atoms with Crippen LogP contribution in [0.3, 0.4) is 0 Å². The van der Waals surface area contributed by atoms with Crippen molar-refractivity contribution in [3.05, 3.63) is 142 Å².